The molecule has 0 saturated carbocycles. The molecule has 5 nitrogen and oxygen atoms in total. The maximum Gasteiger partial charge on any atom is 0.263 e. The summed E-state index contributed by atoms with van der Waals surface area (Å²) in [5.41, 5.74) is 4.82. The van der Waals surface area contributed by atoms with Gasteiger partial charge in [-0.15, -0.1) is 11.3 Å². The van der Waals surface area contributed by atoms with Gasteiger partial charge in [0, 0.05) is 26.7 Å². The fraction of sp³-hybridized carbons (Fsp3) is 0.278. The van der Waals surface area contributed by atoms with Crippen LogP contribution < -0.4 is 4.72 Å². The van der Waals surface area contributed by atoms with Gasteiger partial charge in [0.25, 0.3) is 10.0 Å². The lowest BCUT2D eigenvalue weighted by Gasteiger charge is -2.11. The standard InChI is InChI=1S/C18H21N3O2S2/c1-10-6-11(2)8-15(7-10)21-25(22,23)18-14(5)24-13(4)17(18)16-9-12(3)19-20-16/h6-9,21H,1-5H3,(H,19,20). The smallest absolute Gasteiger partial charge is 0.263 e. The fourth-order valence-corrected chi connectivity index (χ4v) is 5.99. The van der Waals surface area contributed by atoms with Crippen LogP contribution in [0.1, 0.15) is 26.6 Å². The number of aryl methyl sites for hydroxylation is 5. The van der Waals surface area contributed by atoms with E-state index in [0.29, 0.717) is 21.8 Å². The lowest BCUT2D eigenvalue weighted by atomic mass is 10.1. The van der Waals surface area contributed by atoms with Gasteiger partial charge in [0.2, 0.25) is 0 Å². The molecule has 0 saturated heterocycles. The third-order valence-corrected chi connectivity index (χ3v) is 6.61. The molecule has 2 aromatic heterocycles. The van der Waals surface area contributed by atoms with Gasteiger partial charge in [-0.25, -0.2) is 8.42 Å². The van der Waals surface area contributed by atoms with Gasteiger partial charge in [0.1, 0.15) is 4.90 Å². The number of rotatable bonds is 4. The molecule has 0 aliphatic carbocycles. The maximum absolute atomic E-state index is 13.1. The summed E-state index contributed by atoms with van der Waals surface area (Å²) in [6.45, 7) is 9.54. The molecule has 1 aromatic carbocycles. The van der Waals surface area contributed by atoms with Gasteiger partial charge in [0.15, 0.2) is 0 Å². The Hall–Kier alpha value is -2.12. The summed E-state index contributed by atoms with van der Waals surface area (Å²) in [5.74, 6) is 0. The second kappa shape index (κ2) is 6.31. The summed E-state index contributed by atoms with van der Waals surface area (Å²) < 4.78 is 29.0. The molecule has 0 radical (unpaired) electrons. The zero-order valence-electron chi connectivity index (χ0n) is 14.9. The highest BCUT2D eigenvalue weighted by molar-refractivity contribution is 7.93. The minimum absolute atomic E-state index is 0.306. The first kappa shape index (κ1) is 17.7. The average molecular weight is 376 g/mol. The monoisotopic (exact) mass is 375 g/mol. The van der Waals surface area contributed by atoms with Crippen LogP contribution in [0.4, 0.5) is 5.69 Å². The van der Waals surface area contributed by atoms with Crippen LogP contribution in [0.25, 0.3) is 11.3 Å². The molecule has 0 fully saturated rings. The van der Waals surface area contributed by atoms with Crippen LogP contribution in [0.5, 0.6) is 0 Å². The third kappa shape index (κ3) is 3.48. The van der Waals surface area contributed by atoms with Crippen molar-refractivity contribution in [2.45, 2.75) is 39.5 Å². The molecule has 132 valence electrons. The Kier molecular flexibility index (Phi) is 4.47. The molecule has 0 bridgehead atoms. The molecule has 0 aliphatic heterocycles. The van der Waals surface area contributed by atoms with Crippen LogP contribution in [0.15, 0.2) is 29.2 Å². The number of benzene rings is 1. The van der Waals surface area contributed by atoms with E-state index in [0.717, 1.165) is 26.6 Å². The number of hydrogen-bond acceptors (Lipinski definition) is 4. The Morgan fingerprint density at radius 1 is 0.960 bits per heavy atom. The van der Waals surface area contributed by atoms with E-state index in [2.05, 4.69) is 14.9 Å². The molecule has 25 heavy (non-hydrogen) atoms. The first-order chi connectivity index (χ1) is 11.7. The summed E-state index contributed by atoms with van der Waals surface area (Å²) in [6.07, 6.45) is 0. The summed E-state index contributed by atoms with van der Waals surface area (Å²) in [7, 11) is -3.72. The highest BCUT2D eigenvalue weighted by atomic mass is 32.2. The van der Waals surface area contributed by atoms with Crippen LogP contribution in [-0.2, 0) is 10.0 Å². The highest BCUT2D eigenvalue weighted by Crippen LogP contribution is 2.39. The number of H-pyrrole nitrogens is 1. The van der Waals surface area contributed by atoms with E-state index in [1.165, 1.54) is 11.3 Å². The van der Waals surface area contributed by atoms with Crippen molar-refractivity contribution in [3.8, 4) is 11.3 Å². The minimum atomic E-state index is -3.72. The Morgan fingerprint density at radius 2 is 1.60 bits per heavy atom. The molecule has 0 spiro atoms. The number of sulfonamides is 1. The average Bonchev–Trinajstić information content (AvgIpc) is 3.00. The van der Waals surface area contributed by atoms with Gasteiger partial charge in [-0.2, -0.15) is 5.10 Å². The van der Waals surface area contributed by atoms with Gasteiger partial charge < -0.3 is 0 Å². The molecule has 2 heterocycles. The molecule has 0 amide bonds. The zero-order valence-corrected chi connectivity index (χ0v) is 16.5. The van der Waals surface area contributed by atoms with Crippen LogP contribution in [0, 0.1) is 34.6 Å². The molecular weight excluding hydrogens is 354 g/mol. The lowest BCUT2D eigenvalue weighted by molar-refractivity contribution is 0.601. The van der Waals surface area contributed by atoms with Crippen molar-refractivity contribution in [2.24, 2.45) is 0 Å². The van der Waals surface area contributed by atoms with Gasteiger partial charge in [0.05, 0.1) is 5.69 Å². The predicted octanol–water partition coefficient (Wildman–Crippen LogP) is 4.48. The van der Waals surface area contributed by atoms with Crippen LogP contribution in [-0.4, -0.2) is 18.6 Å². The van der Waals surface area contributed by atoms with Gasteiger partial charge in [-0.05, 0) is 63.9 Å². The first-order valence-corrected chi connectivity index (χ1v) is 10.2. The lowest BCUT2D eigenvalue weighted by Crippen LogP contribution is -2.14. The van der Waals surface area contributed by atoms with Gasteiger partial charge in [-0.1, -0.05) is 6.07 Å². The number of hydrogen-bond donors (Lipinski definition) is 2. The molecular formula is C18H21N3O2S2. The maximum atomic E-state index is 13.1. The predicted molar refractivity (Wildman–Crippen MR) is 103 cm³/mol. The van der Waals surface area contributed by atoms with E-state index in [-0.39, 0.29) is 0 Å². The molecule has 0 unspecified atom stereocenters. The fourth-order valence-electron chi connectivity index (χ4n) is 3.07. The molecule has 0 atom stereocenters. The summed E-state index contributed by atoms with van der Waals surface area (Å²) in [6, 6.07) is 7.54. The van der Waals surface area contributed by atoms with Crippen molar-refractivity contribution in [3.63, 3.8) is 0 Å². The second-order valence-electron chi connectivity index (χ2n) is 6.34. The molecule has 7 heteroatoms. The normalized spacial score (nSPS) is 11.7. The molecule has 0 aliphatic rings. The second-order valence-corrected chi connectivity index (χ2v) is 9.38. The van der Waals surface area contributed by atoms with E-state index in [1.54, 1.807) is 0 Å². The van der Waals surface area contributed by atoms with E-state index in [1.807, 2.05) is 58.9 Å². The number of nitrogens with one attached hydrogen (secondary N) is 2. The summed E-state index contributed by atoms with van der Waals surface area (Å²) >= 11 is 1.47. The van der Waals surface area contributed by atoms with E-state index in [4.69, 9.17) is 0 Å². The first-order valence-electron chi connectivity index (χ1n) is 7.91. The van der Waals surface area contributed by atoms with Crippen LogP contribution in [0.2, 0.25) is 0 Å². The Labute approximate surface area is 152 Å². The number of aromatic nitrogens is 2. The zero-order chi connectivity index (χ0) is 18.4. The third-order valence-electron chi connectivity index (χ3n) is 3.91. The Bertz CT molecular complexity index is 1030. The van der Waals surface area contributed by atoms with Crippen molar-refractivity contribution in [3.05, 3.63) is 50.8 Å². The number of aromatic amines is 1. The van der Waals surface area contributed by atoms with Gasteiger partial charge in [-0.3, -0.25) is 9.82 Å². The van der Waals surface area contributed by atoms with E-state index in [9.17, 15) is 8.42 Å². The topological polar surface area (TPSA) is 74.8 Å². The Balaban J connectivity index is 2.11. The number of nitrogens with zero attached hydrogens (tertiary/aromatic N) is 1. The number of anilines is 1. The minimum Gasteiger partial charge on any atom is -0.282 e. The van der Waals surface area contributed by atoms with Crippen molar-refractivity contribution >= 4 is 27.0 Å². The van der Waals surface area contributed by atoms with E-state index < -0.39 is 10.0 Å². The molecule has 3 rings (SSSR count). The quantitative estimate of drug-likeness (QED) is 0.706. The van der Waals surface area contributed by atoms with Crippen LogP contribution in [0.3, 0.4) is 0 Å². The highest BCUT2D eigenvalue weighted by Gasteiger charge is 2.27. The summed E-state index contributed by atoms with van der Waals surface area (Å²) in [5, 5.41) is 7.15. The summed E-state index contributed by atoms with van der Waals surface area (Å²) in [4.78, 5) is 2.00. The largest absolute Gasteiger partial charge is 0.282 e. The van der Waals surface area contributed by atoms with Crippen LogP contribution >= 0.6 is 11.3 Å². The van der Waals surface area contributed by atoms with Gasteiger partial charge >= 0.3 is 0 Å². The molecule has 2 N–H and O–H groups in total. The van der Waals surface area contributed by atoms with Crippen molar-refractivity contribution < 1.29 is 8.42 Å². The van der Waals surface area contributed by atoms with E-state index >= 15 is 0 Å². The Morgan fingerprint density at radius 3 is 2.16 bits per heavy atom. The van der Waals surface area contributed by atoms with Crippen molar-refractivity contribution in [1.82, 2.24) is 10.2 Å². The van der Waals surface area contributed by atoms with Crippen molar-refractivity contribution in [1.29, 1.82) is 0 Å². The van der Waals surface area contributed by atoms with Crippen molar-refractivity contribution in [2.75, 3.05) is 4.72 Å². The SMILES string of the molecule is Cc1cc(C)cc(NS(=O)(=O)c2c(C)sc(C)c2-c2cc(C)[nH]n2)c1. The molecule has 3 aromatic rings. The number of thiophene rings is 1.